The quantitative estimate of drug-likeness (QED) is 0.824. The maximum absolute atomic E-state index is 13.3. The van der Waals surface area contributed by atoms with Gasteiger partial charge in [-0.2, -0.15) is 4.31 Å². The van der Waals surface area contributed by atoms with Gasteiger partial charge in [0.25, 0.3) is 5.91 Å². The van der Waals surface area contributed by atoms with Crippen LogP contribution in [0.1, 0.15) is 62.5 Å². The van der Waals surface area contributed by atoms with Gasteiger partial charge in [-0.25, -0.2) is 8.42 Å². The van der Waals surface area contributed by atoms with E-state index in [2.05, 4.69) is 5.32 Å². The number of amides is 1. The van der Waals surface area contributed by atoms with E-state index in [4.69, 9.17) is 4.99 Å². The Bertz CT molecular complexity index is 956. The highest BCUT2D eigenvalue weighted by Crippen LogP contribution is 2.37. The number of benzene rings is 1. The molecule has 1 N–H and O–H groups in total. The molecule has 1 amide bonds. The van der Waals surface area contributed by atoms with Crippen molar-refractivity contribution in [3.8, 4) is 0 Å². The molecule has 0 radical (unpaired) electrons. The molecule has 1 saturated carbocycles. The zero-order valence-corrected chi connectivity index (χ0v) is 17.6. The fourth-order valence-corrected chi connectivity index (χ4v) is 7.25. The average Bonchev–Trinajstić information content (AvgIpc) is 3.34. The Labute approximate surface area is 172 Å². The zero-order chi connectivity index (χ0) is 20.1. The molecule has 2 aliphatic carbocycles. The van der Waals surface area contributed by atoms with Crippen molar-refractivity contribution >= 4 is 21.8 Å². The van der Waals surface area contributed by atoms with Crippen LogP contribution in [0.5, 0.6) is 0 Å². The summed E-state index contributed by atoms with van der Waals surface area (Å²) in [6.07, 6.45) is 9.57. The number of sulfonamides is 1. The third-order valence-corrected chi connectivity index (χ3v) is 9.24. The van der Waals surface area contributed by atoms with Gasteiger partial charge < -0.3 is 5.32 Å². The van der Waals surface area contributed by atoms with E-state index >= 15 is 0 Å². The molecular weight excluding hydrogens is 386 g/mol. The number of aryl methyl sites for hydroxylation is 1. The van der Waals surface area contributed by atoms with E-state index in [1.54, 1.807) is 10.4 Å². The van der Waals surface area contributed by atoms with Crippen LogP contribution in [0.15, 0.2) is 28.1 Å². The van der Waals surface area contributed by atoms with Gasteiger partial charge in [-0.3, -0.25) is 9.79 Å². The van der Waals surface area contributed by atoms with Gasteiger partial charge in [-0.1, -0.05) is 31.4 Å². The lowest BCUT2D eigenvalue weighted by atomic mass is 9.88. The number of rotatable bonds is 3. The number of hydrogen-bond donors (Lipinski definition) is 1. The van der Waals surface area contributed by atoms with E-state index in [0.717, 1.165) is 49.1 Å². The van der Waals surface area contributed by atoms with Gasteiger partial charge in [-0.15, -0.1) is 0 Å². The first-order valence-electron chi connectivity index (χ1n) is 11.0. The van der Waals surface area contributed by atoms with Crippen LogP contribution in [0, 0.1) is 5.92 Å². The monoisotopic (exact) mass is 415 g/mol. The maximum atomic E-state index is 13.3. The van der Waals surface area contributed by atoms with Crippen molar-refractivity contribution in [2.24, 2.45) is 10.9 Å². The highest BCUT2D eigenvalue weighted by atomic mass is 32.2. The Morgan fingerprint density at radius 3 is 2.55 bits per heavy atom. The molecule has 1 spiro atoms. The van der Waals surface area contributed by atoms with Crippen molar-refractivity contribution in [1.82, 2.24) is 9.62 Å². The highest BCUT2D eigenvalue weighted by Gasteiger charge is 2.48. The number of carbonyl (C=O) groups is 1. The molecular formula is C22H29N3O3S. The molecule has 2 fully saturated rings. The molecule has 0 aromatic heterocycles. The molecule has 6 nitrogen and oxygen atoms in total. The minimum Gasteiger partial charge on any atom is -0.312 e. The molecule has 156 valence electrons. The van der Waals surface area contributed by atoms with Crippen LogP contribution in [0.3, 0.4) is 0 Å². The number of nitrogens with one attached hydrogen (secondary N) is 1. The van der Waals surface area contributed by atoms with E-state index in [1.165, 1.54) is 19.3 Å². The number of hydrogen-bond acceptors (Lipinski definition) is 4. The lowest BCUT2D eigenvalue weighted by Gasteiger charge is -2.35. The van der Waals surface area contributed by atoms with Crippen molar-refractivity contribution in [2.75, 3.05) is 13.1 Å². The molecule has 0 unspecified atom stereocenters. The SMILES string of the molecule is O=C1NC(C2CCCCC2)=NC12CCN(S(=O)(=O)c1cccc3c1CCC3)CC2. The molecule has 4 aliphatic rings. The molecule has 0 bridgehead atoms. The first-order valence-corrected chi connectivity index (χ1v) is 12.5. The van der Waals surface area contributed by atoms with Gasteiger partial charge in [0.05, 0.1) is 4.90 Å². The zero-order valence-electron chi connectivity index (χ0n) is 16.8. The van der Waals surface area contributed by atoms with Crippen molar-refractivity contribution in [3.05, 3.63) is 29.3 Å². The van der Waals surface area contributed by atoms with Gasteiger partial charge in [0.15, 0.2) is 0 Å². The predicted molar refractivity (Wildman–Crippen MR) is 111 cm³/mol. The summed E-state index contributed by atoms with van der Waals surface area (Å²) >= 11 is 0. The van der Waals surface area contributed by atoms with Crippen LogP contribution < -0.4 is 5.32 Å². The first-order chi connectivity index (χ1) is 14.0. The van der Waals surface area contributed by atoms with Gasteiger partial charge >= 0.3 is 0 Å². The number of aliphatic imine (C=N–C) groups is 1. The largest absolute Gasteiger partial charge is 0.312 e. The second kappa shape index (κ2) is 7.20. The smallest absolute Gasteiger partial charge is 0.253 e. The molecule has 2 aliphatic heterocycles. The van der Waals surface area contributed by atoms with E-state index in [1.807, 2.05) is 12.1 Å². The third kappa shape index (κ3) is 3.22. The molecule has 29 heavy (non-hydrogen) atoms. The highest BCUT2D eigenvalue weighted by molar-refractivity contribution is 7.89. The number of amidine groups is 1. The Balaban J connectivity index is 1.34. The molecule has 1 aromatic rings. The Hall–Kier alpha value is -1.73. The summed E-state index contributed by atoms with van der Waals surface area (Å²) in [6, 6.07) is 5.63. The predicted octanol–water partition coefficient (Wildman–Crippen LogP) is 2.81. The summed E-state index contributed by atoms with van der Waals surface area (Å²) in [5.74, 6) is 1.18. The average molecular weight is 416 g/mol. The van der Waals surface area contributed by atoms with Crippen molar-refractivity contribution < 1.29 is 13.2 Å². The van der Waals surface area contributed by atoms with E-state index in [-0.39, 0.29) is 5.91 Å². The molecule has 7 heteroatoms. The van der Waals surface area contributed by atoms with Crippen molar-refractivity contribution in [3.63, 3.8) is 0 Å². The fourth-order valence-electron chi connectivity index (χ4n) is 5.51. The number of nitrogens with zero attached hydrogens (tertiary/aromatic N) is 2. The van der Waals surface area contributed by atoms with Crippen LogP contribution in [-0.4, -0.2) is 43.1 Å². The lowest BCUT2D eigenvalue weighted by molar-refractivity contribution is -0.125. The molecule has 1 aromatic carbocycles. The summed E-state index contributed by atoms with van der Waals surface area (Å²) in [4.78, 5) is 18.1. The minimum absolute atomic E-state index is 0.0317. The summed E-state index contributed by atoms with van der Waals surface area (Å²) in [6.45, 7) is 0.696. The normalized spacial score (nSPS) is 25.1. The van der Waals surface area contributed by atoms with E-state index < -0.39 is 15.6 Å². The van der Waals surface area contributed by atoms with Gasteiger partial charge in [-0.05, 0) is 62.1 Å². The van der Waals surface area contributed by atoms with Gasteiger partial charge in [0.2, 0.25) is 10.0 Å². The van der Waals surface area contributed by atoms with Crippen molar-refractivity contribution in [2.45, 2.75) is 74.6 Å². The summed E-state index contributed by atoms with van der Waals surface area (Å²) in [5, 5.41) is 3.05. The van der Waals surface area contributed by atoms with Gasteiger partial charge in [0.1, 0.15) is 11.4 Å². The second-order valence-corrected chi connectivity index (χ2v) is 10.9. The maximum Gasteiger partial charge on any atom is 0.253 e. The van der Waals surface area contributed by atoms with Crippen LogP contribution in [0.4, 0.5) is 0 Å². The Kier molecular flexibility index (Phi) is 4.78. The van der Waals surface area contributed by atoms with Crippen LogP contribution in [0.2, 0.25) is 0 Å². The lowest BCUT2D eigenvalue weighted by Crippen LogP contribution is -2.50. The van der Waals surface area contributed by atoms with E-state index in [0.29, 0.717) is 36.7 Å². The summed E-state index contributed by atoms with van der Waals surface area (Å²) in [5.41, 5.74) is 1.39. The minimum atomic E-state index is -3.53. The number of piperidine rings is 1. The first kappa shape index (κ1) is 19.2. The Morgan fingerprint density at radius 2 is 1.79 bits per heavy atom. The molecule has 0 atom stereocenters. The van der Waals surface area contributed by atoms with Crippen LogP contribution >= 0.6 is 0 Å². The topological polar surface area (TPSA) is 78.8 Å². The second-order valence-electron chi connectivity index (χ2n) is 8.97. The third-order valence-electron chi connectivity index (χ3n) is 7.26. The molecule has 2 heterocycles. The summed E-state index contributed by atoms with van der Waals surface area (Å²) < 4.78 is 28.2. The Morgan fingerprint density at radius 1 is 1.03 bits per heavy atom. The summed E-state index contributed by atoms with van der Waals surface area (Å²) in [7, 11) is -3.53. The van der Waals surface area contributed by atoms with Crippen LogP contribution in [-0.2, 0) is 27.7 Å². The standard InChI is InChI=1S/C22H29N3O3S/c26-21-22(24-20(23-21)17-6-2-1-3-7-17)12-14-25(15-13-22)29(27,28)19-11-5-9-16-8-4-10-18(16)19/h5,9,11,17H,1-4,6-8,10,12-15H2,(H,23,24,26). The van der Waals surface area contributed by atoms with E-state index in [9.17, 15) is 13.2 Å². The fraction of sp³-hybridized carbons (Fsp3) is 0.636. The van der Waals surface area contributed by atoms with Crippen molar-refractivity contribution in [1.29, 1.82) is 0 Å². The number of carbonyl (C=O) groups excluding carboxylic acids is 1. The molecule has 5 rings (SSSR count). The van der Waals surface area contributed by atoms with Gasteiger partial charge in [0, 0.05) is 19.0 Å². The number of fused-ring (bicyclic) bond motifs is 1. The van der Waals surface area contributed by atoms with Crippen LogP contribution in [0.25, 0.3) is 0 Å². The molecule has 1 saturated heterocycles.